The SMILES string of the molecule is CCCOc1nc(N2CCCC(C(=O)NC)C2)ccc1N. The van der Waals surface area contributed by atoms with Crippen LogP contribution in [0.25, 0.3) is 0 Å². The lowest BCUT2D eigenvalue weighted by Gasteiger charge is -2.32. The number of piperidine rings is 1. The summed E-state index contributed by atoms with van der Waals surface area (Å²) < 4.78 is 5.57. The highest BCUT2D eigenvalue weighted by Crippen LogP contribution is 2.27. The van der Waals surface area contributed by atoms with Crippen LogP contribution >= 0.6 is 0 Å². The molecule has 1 aliphatic heterocycles. The number of carbonyl (C=O) groups excluding carboxylic acids is 1. The van der Waals surface area contributed by atoms with Crippen LogP contribution in [0.4, 0.5) is 11.5 Å². The van der Waals surface area contributed by atoms with E-state index in [1.807, 2.05) is 19.1 Å². The Labute approximate surface area is 125 Å². The lowest BCUT2D eigenvalue weighted by Crippen LogP contribution is -2.42. The summed E-state index contributed by atoms with van der Waals surface area (Å²) >= 11 is 0. The molecule has 1 aromatic heterocycles. The van der Waals surface area contributed by atoms with Crippen LogP contribution in [0.1, 0.15) is 26.2 Å². The van der Waals surface area contributed by atoms with Gasteiger partial charge in [-0.3, -0.25) is 4.79 Å². The van der Waals surface area contributed by atoms with Gasteiger partial charge >= 0.3 is 0 Å². The van der Waals surface area contributed by atoms with Gasteiger partial charge < -0.3 is 20.7 Å². The van der Waals surface area contributed by atoms with Gasteiger partial charge in [0.2, 0.25) is 11.8 Å². The second-order valence-corrected chi connectivity index (χ2v) is 5.31. The fraction of sp³-hybridized carbons (Fsp3) is 0.600. The zero-order valence-electron chi connectivity index (χ0n) is 12.8. The Kier molecular flexibility index (Phi) is 5.25. The van der Waals surface area contributed by atoms with Crippen LogP contribution < -0.4 is 20.7 Å². The van der Waals surface area contributed by atoms with Crippen molar-refractivity contribution in [2.24, 2.45) is 5.92 Å². The third kappa shape index (κ3) is 3.77. The number of hydrogen-bond acceptors (Lipinski definition) is 5. The number of nitrogens with one attached hydrogen (secondary N) is 1. The molecule has 1 saturated heterocycles. The van der Waals surface area contributed by atoms with E-state index < -0.39 is 0 Å². The molecule has 6 heteroatoms. The highest BCUT2D eigenvalue weighted by molar-refractivity contribution is 5.79. The quantitative estimate of drug-likeness (QED) is 0.858. The lowest BCUT2D eigenvalue weighted by atomic mass is 9.97. The van der Waals surface area contributed by atoms with Crippen molar-refractivity contribution in [2.45, 2.75) is 26.2 Å². The Morgan fingerprint density at radius 1 is 1.57 bits per heavy atom. The van der Waals surface area contributed by atoms with Crippen LogP contribution in [0, 0.1) is 5.92 Å². The Morgan fingerprint density at radius 2 is 2.38 bits per heavy atom. The number of nitrogen functional groups attached to an aromatic ring is 1. The minimum atomic E-state index is 0.0168. The molecule has 0 aromatic carbocycles. The van der Waals surface area contributed by atoms with Crippen molar-refractivity contribution < 1.29 is 9.53 Å². The molecule has 1 aromatic rings. The maximum atomic E-state index is 11.8. The van der Waals surface area contributed by atoms with Gasteiger partial charge in [-0.25, -0.2) is 0 Å². The monoisotopic (exact) mass is 292 g/mol. The molecular weight excluding hydrogens is 268 g/mol. The summed E-state index contributed by atoms with van der Waals surface area (Å²) in [4.78, 5) is 18.4. The largest absolute Gasteiger partial charge is 0.476 e. The summed E-state index contributed by atoms with van der Waals surface area (Å²) in [5.74, 6) is 1.42. The van der Waals surface area contributed by atoms with E-state index in [0.29, 0.717) is 24.7 Å². The normalized spacial score (nSPS) is 18.4. The number of ether oxygens (including phenoxy) is 1. The van der Waals surface area contributed by atoms with Gasteiger partial charge in [0.1, 0.15) is 5.82 Å². The summed E-state index contributed by atoms with van der Waals surface area (Å²) in [6.07, 6.45) is 2.81. The van der Waals surface area contributed by atoms with Crippen LogP contribution in [-0.2, 0) is 4.79 Å². The average molecular weight is 292 g/mol. The number of nitrogens with two attached hydrogens (primary N) is 1. The lowest BCUT2D eigenvalue weighted by molar-refractivity contribution is -0.124. The Balaban J connectivity index is 2.11. The Bertz CT molecular complexity index is 493. The first-order valence-corrected chi connectivity index (χ1v) is 7.51. The minimum Gasteiger partial charge on any atom is -0.476 e. The number of rotatable bonds is 5. The summed E-state index contributed by atoms with van der Waals surface area (Å²) in [7, 11) is 1.68. The predicted octanol–water partition coefficient (Wildman–Crippen LogP) is 1.41. The number of anilines is 2. The van der Waals surface area contributed by atoms with Crippen molar-refractivity contribution in [3.63, 3.8) is 0 Å². The molecule has 1 aliphatic rings. The highest BCUT2D eigenvalue weighted by atomic mass is 16.5. The first kappa shape index (κ1) is 15.4. The van der Waals surface area contributed by atoms with Gasteiger partial charge in [0.05, 0.1) is 18.2 Å². The van der Waals surface area contributed by atoms with Gasteiger partial charge in [0.15, 0.2) is 0 Å². The summed E-state index contributed by atoms with van der Waals surface area (Å²) in [5, 5.41) is 2.72. The molecule has 3 N–H and O–H groups in total. The van der Waals surface area contributed by atoms with Crippen LogP contribution in [0.5, 0.6) is 5.88 Å². The van der Waals surface area contributed by atoms with Crippen molar-refractivity contribution in [1.82, 2.24) is 10.3 Å². The molecule has 6 nitrogen and oxygen atoms in total. The molecule has 1 atom stereocenters. The molecule has 0 radical (unpaired) electrons. The smallest absolute Gasteiger partial charge is 0.239 e. The number of hydrogen-bond donors (Lipinski definition) is 2. The topological polar surface area (TPSA) is 80.5 Å². The summed E-state index contributed by atoms with van der Waals surface area (Å²) in [5.41, 5.74) is 6.43. The molecule has 2 rings (SSSR count). The van der Waals surface area contributed by atoms with Gasteiger partial charge in [-0.05, 0) is 31.4 Å². The van der Waals surface area contributed by atoms with Gasteiger partial charge in [0, 0.05) is 20.1 Å². The van der Waals surface area contributed by atoms with E-state index in [-0.39, 0.29) is 11.8 Å². The van der Waals surface area contributed by atoms with Crippen molar-refractivity contribution in [3.05, 3.63) is 12.1 Å². The minimum absolute atomic E-state index is 0.0168. The Hall–Kier alpha value is -1.98. The van der Waals surface area contributed by atoms with E-state index in [0.717, 1.165) is 31.6 Å². The van der Waals surface area contributed by atoms with E-state index in [1.165, 1.54) is 0 Å². The standard InChI is InChI=1S/C15H24N4O2/c1-3-9-21-15-12(16)6-7-13(18-15)19-8-4-5-11(10-19)14(20)17-2/h6-7,11H,3-5,8-10,16H2,1-2H3,(H,17,20). The molecular formula is C15H24N4O2. The molecule has 1 unspecified atom stereocenters. The van der Waals surface area contributed by atoms with Crippen LogP contribution in [-0.4, -0.2) is 37.6 Å². The molecule has 0 saturated carbocycles. The maximum absolute atomic E-state index is 11.8. The van der Waals surface area contributed by atoms with Gasteiger partial charge in [0.25, 0.3) is 0 Å². The van der Waals surface area contributed by atoms with E-state index in [1.54, 1.807) is 7.05 Å². The fourth-order valence-electron chi connectivity index (χ4n) is 2.54. The first-order valence-electron chi connectivity index (χ1n) is 7.51. The van der Waals surface area contributed by atoms with Crippen molar-refractivity contribution in [2.75, 3.05) is 37.4 Å². The third-order valence-electron chi connectivity index (χ3n) is 3.68. The molecule has 0 aliphatic carbocycles. The highest BCUT2D eigenvalue weighted by Gasteiger charge is 2.26. The molecule has 2 heterocycles. The van der Waals surface area contributed by atoms with Gasteiger partial charge in [-0.1, -0.05) is 6.92 Å². The summed E-state index contributed by atoms with van der Waals surface area (Å²) in [6, 6.07) is 3.71. The predicted molar refractivity (Wildman–Crippen MR) is 83.4 cm³/mol. The second-order valence-electron chi connectivity index (χ2n) is 5.31. The first-order chi connectivity index (χ1) is 10.2. The van der Waals surface area contributed by atoms with Crippen LogP contribution in [0.3, 0.4) is 0 Å². The number of pyridine rings is 1. The molecule has 0 bridgehead atoms. The fourth-order valence-corrected chi connectivity index (χ4v) is 2.54. The molecule has 21 heavy (non-hydrogen) atoms. The van der Waals surface area contributed by atoms with E-state index in [2.05, 4.69) is 15.2 Å². The molecule has 116 valence electrons. The van der Waals surface area contributed by atoms with Crippen LogP contribution in [0.15, 0.2) is 12.1 Å². The third-order valence-corrected chi connectivity index (χ3v) is 3.68. The maximum Gasteiger partial charge on any atom is 0.239 e. The van der Waals surface area contributed by atoms with E-state index in [9.17, 15) is 4.79 Å². The Morgan fingerprint density at radius 3 is 3.10 bits per heavy atom. The van der Waals surface area contributed by atoms with Crippen molar-refractivity contribution in [3.8, 4) is 5.88 Å². The number of nitrogens with zero attached hydrogens (tertiary/aromatic N) is 2. The van der Waals surface area contributed by atoms with Gasteiger partial charge in [-0.15, -0.1) is 0 Å². The number of carbonyl (C=O) groups is 1. The van der Waals surface area contributed by atoms with Crippen molar-refractivity contribution in [1.29, 1.82) is 0 Å². The molecule has 1 amide bonds. The number of amides is 1. The van der Waals surface area contributed by atoms with Gasteiger partial charge in [-0.2, -0.15) is 4.98 Å². The second kappa shape index (κ2) is 7.15. The van der Waals surface area contributed by atoms with E-state index >= 15 is 0 Å². The van der Waals surface area contributed by atoms with Crippen molar-refractivity contribution >= 4 is 17.4 Å². The zero-order valence-corrected chi connectivity index (χ0v) is 12.8. The molecule has 0 spiro atoms. The molecule has 1 fully saturated rings. The zero-order chi connectivity index (χ0) is 15.2. The van der Waals surface area contributed by atoms with E-state index in [4.69, 9.17) is 10.5 Å². The summed E-state index contributed by atoms with van der Waals surface area (Å²) in [6.45, 7) is 4.22. The average Bonchev–Trinajstić information content (AvgIpc) is 2.53. The van der Waals surface area contributed by atoms with Crippen LogP contribution in [0.2, 0.25) is 0 Å². The number of aromatic nitrogens is 1.